The summed E-state index contributed by atoms with van der Waals surface area (Å²) in [5.41, 5.74) is 4.99. The Morgan fingerprint density at radius 2 is 2.15 bits per heavy atom. The van der Waals surface area contributed by atoms with Crippen molar-refractivity contribution in [1.29, 1.82) is 0 Å². The van der Waals surface area contributed by atoms with Crippen LogP contribution in [0, 0.1) is 6.92 Å². The number of carbonyl (C=O) groups excluding carboxylic acids is 1. The molecule has 4 rings (SSSR count). The number of nitrogens with one attached hydrogen (secondary N) is 1. The number of aryl methyl sites for hydroxylation is 2. The van der Waals surface area contributed by atoms with Gasteiger partial charge in [-0.05, 0) is 44.0 Å². The van der Waals surface area contributed by atoms with Crippen molar-refractivity contribution in [3.8, 4) is 11.3 Å². The molecule has 1 atom stereocenters. The number of carbonyl (C=O) groups is 1. The molecular weight excluding hydrogens is 326 g/mol. The Morgan fingerprint density at radius 1 is 1.27 bits per heavy atom. The van der Waals surface area contributed by atoms with E-state index in [0.29, 0.717) is 6.04 Å². The van der Waals surface area contributed by atoms with E-state index in [4.69, 9.17) is 0 Å². The van der Waals surface area contributed by atoms with Crippen LogP contribution in [0.4, 0.5) is 4.79 Å². The van der Waals surface area contributed by atoms with E-state index in [1.165, 1.54) is 16.7 Å². The van der Waals surface area contributed by atoms with Gasteiger partial charge in [-0.3, -0.25) is 9.58 Å². The van der Waals surface area contributed by atoms with Crippen molar-refractivity contribution in [1.82, 2.24) is 24.9 Å². The average molecular weight is 353 g/mol. The van der Waals surface area contributed by atoms with Gasteiger partial charge < -0.3 is 10.2 Å². The van der Waals surface area contributed by atoms with E-state index < -0.39 is 0 Å². The maximum Gasteiger partial charge on any atom is 0.317 e. The number of benzene rings is 1. The lowest BCUT2D eigenvalue weighted by atomic mass is 9.99. The van der Waals surface area contributed by atoms with E-state index in [1.807, 2.05) is 22.8 Å². The van der Waals surface area contributed by atoms with E-state index >= 15 is 0 Å². The predicted molar refractivity (Wildman–Crippen MR) is 102 cm³/mol. The second-order valence-electron chi connectivity index (χ2n) is 7.46. The molecule has 1 unspecified atom stereocenters. The first-order valence-corrected chi connectivity index (χ1v) is 9.46. The highest BCUT2D eigenvalue weighted by Crippen LogP contribution is 2.27. The van der Waals surface area contributed by atoms with Gasteiger partial charge in [-0.25, -0.2) is 4.79 Å². The van der Waals surface area contributed by atoms with Gasteiger partial charge in [0, 0.05) is 51.0 Å². The fraction of sp³-hybridized carbons (Fsp3) is 0.500. The molecular formula is C20H27N5O. The van der Waals surface area contributed by atoms with Crippen LogP contribution < -0.4 is 5.32 Å². The monoisotopic (exact) mass is 353 g/mol. The van der Waals surface area contributed by atoms with Crippen LogP contribution in [-0.2, 0) is 13.6 Å². The van der Waals surface area contributed by atoms with Gasteiger partial charge in [-0.15, -0.1) is 0 Å². The predicted octanol–water partition coefficient (Wildman–Crippen LogP) is 2.39. The number of hydrogen-bond donors (Lipinski definition) is 1. The van der Waals surface area contributed by atoms with Gasteiger partial charge in [0.1, 0.15) is 0 Å². The summed E-state index contributed by atoms with van der Waals surface area (Å²) in [5.74, 6) is 0. The van der Waals surface area contributed by atoms with E-state index in [1.54, 1.807) is 0 Å². The second-order valence-corrected chi connectivity index (χ2v) is 7.46. The number of piperidine rings is 1. The average Bonchev–Trinajstić information content (AvgIpc) is 3.25. The smallest absolute Gasteiger partial charge is 0.317 e. The molecule has 2 aromatic rings. The zero-order valence-corrected chi connectivity index (χ0v) is 15.6. The van der Waals surface area contributed by atoms with Crippen LogP contribution in [0.25, 0.3) is 11.3 Å². The standard InChI is InChI=1S/C20H27N5O/c1-15-5-6-16(18(12-15)19-7-8-22-23(19)2)13-24-10-3-4-17(14-24)25-11-9-21-20(25)26/h5-8,12,17H,3-4,9-11,13-14H2,1-2H3,(H,21,26). The van der Waals surface area contributed by atoms with Crippen molar-refractivity contribution in [2.45, 2.75) is 32.4 Å². The molecule has 1 aromatic carbocycles. The highest BCUT2D eigenvalue weighted by molar-refractivity contribution is 5.76. The zero-order valence-electron chi connectivity index (χ0n) is 15.6. The molecule has 2 fully saturated rings. The van der Waals surface area contributed by atoms with Crippen LogP contribution in [0.2, 0.25) is 0 Å². The van der Waals surface area contributed by atoms with Crippen LogP contribution in [0.1, 0.15) is 24.0 Å². The number of likely N-dealkylation sites (tertiary alicyclic amines) is 1. The quantitative estimate of drug-likeness (QED) is 0.918. The topological polar surface area (TPSA) is 53.4 Å². The highest BCUT2D eigenvalue weighted by Gasteiger charge is 2.31. The van der Waals surface area contributed by atoms with Gasteiger partial charge in [0.05, 0.1) is 5.69 Å². The molecule has 1 aromatic heterocycles. The van der Waals surface area contributed by atoms with Crippen molar-refractivity contribution in [3.05, 3.63) is 41.6 Å². The molecule has 6 nitrogen and oxygen atoms in total. The Kier molecular flexibility index (Phi) is 4.68. The van der Waals surface area contributed by atoms with Gasteiger partial charge in [-0.1, -0.05) is 17.7 Å². The number of hydrogen-bond acceptors (Lipinski definition) is 3. The van der Waals surface area contributed by atoms with E-state index in [2.05, 4.69) is 46.5 Å². The molecule has 2 aliphatic rings. The molecule has 0 radical (unpaired) electrons. The molecule has 0 saturated carbocycles. The number of amides is 2. The van der Waals surface area contributed by atoms with Crippen molar-refractivity contribution in [3.63, 3.8) is 0 Å². The van der Waals surface area contributed by atoms with Crippen LogP contribution in [0.15, 0.2) is 30.5 Å². The van der Waals surface area contributed by atoms with Gasteiger partial charge in [0.25, 0.3) is 0 Å². The van der Waals surface area contributed by atoms with Crippen LogP contribution in [0.5, 0.6) is 0 Å². The highest BCUT2D eigenvalue weighted by atomic mass is 16.2. The van der Waals surface area contributed by atoms with Gasteiger partial charge in [0.2, 0.25) is 0 Å². The fourth-order valence-corrected chi connectivity index (χ4v) is 4.21. The summed E-state index contributed by atoms with van der Waals surface area (Å²) in [5, 5.41) is 7.27. The lowest BCUT2D eigenvalue weighted by molar-refractivity contribution is 0.122. The Bertz CT molecular complexity index is 799. The van der Waals surface area contributed by atoms with Crippen LogP contribution in [0.3, 0.4) is 0 Å². The van der Waals surface area contributed by atoms with Crippen molar-refractivity contribution in [2.24, 2.45) is 7.05 Å². The van der Waals surface area contributed by atoms with E-state index in [0.717, 1.165) is 51.3 Å². The molecule has 2 amide bonds. The van der Waals surface area contributed by atoms with E-state index in [9.17, 15) is 4.79 Å². The normalized spacial score (nSPS) is 21.2. The Morgan fingerprint density at radius 3 is 2.88 bits per heavy atom. The number of nitrogens with zero attached hydrogens (tertiary/aromatic N) is 4. The summed E-state index contributed by atoms with van der Waals surface area (Å²) in [6.45, 7) is 6.69. The Balaban J connectivity index is 1.54. The minimum atomic E-state index is 0.0998. The van der Waals surface area contributed by atoms with Gasteiger partial charge in [0.15, 0.2) is 0 Å². The summed E-state index contributed by atoms with van der Waals surface area (Å²) in [6.07, 6.45) is 4.10. The maximum absolute atomic E-state index is 12.0. The molecule has 1 N–H and O–H groups in total. The molecule has 6 heteroatoms. The minimum absolute atomic E-state index is 0.0998. The number of urea groups is 1. The van der Waals surface area contributed by atoms with Crippen LogP contribution >= 0.6 is 0 Å². The molecule has 0 spiro atoms. The summed E-state index contributed by atoms with van der Waals surface area (Å²) in [6, 6.07) is 9.18. The molecule has 3 heterocycles. The fourth-order valence-electron chi connectivity index (χ4n) is 4.21. The zero-order chi connectivity index (χ0) is 18.1. The third-order valence-corrected chi connectivity index (χ3v) is 5.57. The summed E-state index contributed by atoms with van der Waals surface area (Å²) >= 11 is 0. The second kappa shape index (κ2) is 7.11. The maximum atomic E-state index is 12.0. The summed E-state index contributed by atoms with van der Waals surface area (Å²) in [4.78, 5) is 16.5. The first kappa shape index (κ1) is 17.1. The molecule has 2 saturated heterocycles. The Hall–Kier alpha value is -2.34. The minimum Gasteiger partial charge on any atom is -0.336 e. The van der Waals surface area contributed by atoms with Gasteiger partial charge in [-0.2, -0.15) is 5.10 Å². The van der Waals surface area contributed by atoms with Crippen LogP contribution in [-0.4, -0.2) is 57.8 Å². The SMILES string of the molecule is Cc1ccc(CN2CCCC(N3CCNC3=O)C2)c(-c2ccnn2C)c1. The van der Waals surface area contributed by atoms with Crippen molar-refractivity contribution < 1.29 is 4.79 Å². The largest absolute Gasteiger partial charge is 0.336 e. The lowest BCUT2D eigenvalue weighted by Crippen LogP contribution is -2.48. The third kappa shape index (κ3) is 3.33. The molecule has 2 aliphatic heterocycles. The molecule has 0 aliphatic carbocycles. The first-order valence-electron chi connectivity index (χ1n) is 9.46. The molecule has 0 bridgehead atoms. The number of rotatable bonds is 4. The lowest BCUT2D eigenvalue weighted by Gasteiger charge is -2.37. The Labute approximate surface area is 154 Å². The van der Waals surface area contributed by atoms with Gasteiger partial charge >= 0.3 is 6.03 Å². The molecule has 138 valence electrons. The van der Waals surface area contributed by atoms with Crippen molar-refractivity contribution >= 4 is 6.03 Å². The summed E-state index contributed by atoms with van der Waals surface area (Å²) < 4.78 is 1.94. The first-order chi connectivity index (χ1) is 12.6. The molecule has 26 heavy (non-hydrogen) atoms. The van der Waals surface area contributed by atoms with E-state index in [-0.39, 0.29) is 6.03 Å². The summed E-state index contributed by atoms with van der Waals surface area (Å²) in [7, 11) is 1.99. The number of aromatic nitrogens is 2. The third-order valence-electron chi connectivity index (χ3n) is 5.57. The van der Waals surface area contributed by atoms with Crippen molar-refractivity contribution in [2.75, 3.05) is 26.2 Å².